The van der Waals surface area contributed by atoms with Crippen LogP contribution < -0.4 is 10.1 Å². The highest BCUT2D eigenvalue weighted by molar-refractivity contribution is 6.30. The molecule has 1 atom stereocenters. The molecule has 0 radical (unpaired) electrons. The van der Waals surface area contributed by atoms with Gasteiger partial charge in [-0.1, -0.05) is 32.4 Å². The summed E-state index contributed by atoms with van der Waals surface area (Å²) >= 11 is 6.07. The van der Waals surface area contributed by atoms with E-state index in [1.54, 1.807) is 6.92 Å². The smallest absolute Gasteiger partial charge is 0.123 e. The minimum absolute atomic E-state index is 0.00477. The number of hydrogen-bond acceptors (Lipinski definition) is 3. The van der Waals surface area contributed by atoms with E-state index in [4.69, 9.17) is 21.4 Å². The molecule has 0 aromatic heterocycles. The molecule has 1 aromatic carbocycles. The van der Waals surface area contributed by atoms with E-state index in [9.17, 15) is 0 Å². The van der Waals surface area contributed by atoms with Crippen molar-refractivity contribution < 1.29 is 9.84 Å². The number of benzene rings is 1. The van der Waals surface area contributed by atoms with E-state index in [0.29, 0.717) is 13.2 Å². The second-order valence-corrected chi connectivity index (χ2v) is 6.58. The molecule has 4 heteroatoms. The Morgan fingerprint density at radius 1 is 1.35 bits per heavy atom. The lowest BCUT2D eigenvalue weighted by Crippen LogP contribution is -2.26. The summed E-state index contributed by atoms with van der Waals surface area (Å²) in [6.45, 7) is 10.3. The predicted molar refractivity (Wildman–Crippen MR) is 84.8 cm³/mol. The summed E-state index contributed by atoms with van der Waals surface area (Å²) < 4.78 is 5.86. The molecule has 0 aliphatic rings. The molecule has 0 aliphatic heterocycles. The fourth-order valence-corrected chi connectivity index (χ4v) is 2.08. The van der Waals surface area contributed by atoms with Gasteiger partial charge in [0.25, 0.3) is 0 Å². The second-order valence-electron chi connectivity index (χ2n) is 6.15. The van der Waals surface area contributed by atoms with E-state index in [-0.39, 0.29) is 11.5 Å². The lowest BCUT2D eigenvalue weighted by Gasteiger charge is -2.23. The highest BCUT2D eigenvalue weighted by atomic mass is 35.5. The van der Waals surface area contributed by atoms with Gasteiger partial charge in [-0.05, 0) is 43.5 Å². The number of hydrogen-bond donors (Lipinski definition) is 2. The van der Waals surface area contributed by atoms with Gasteiger partial charge >= 0.3 is 0 Å². The lowest BCUT2D eigenvalue weighted by atomic mass is 9.86. The maximum absolute atomic E-state index is 9.13. The Labute approximate surface area is 127 Å². The molecule has 0 spiro atoms. The minimum atomic E-state index is -0.306. The number of nitrogens with one attached hydrogen (secondary N) is 1. The number of rotatable bonds is 7. The highest BCUT2D eigenvalue weighted by Crippen LogP contribution is 2.33. The Morgan fingerprint density at radius 2 is 2.05 bits per heavy atom. The Kier molecular flexibility index (Phi) is 6.80. The molecule has 0 fully saturated rings. The van der Waals surface area contributed by atoms with E-state index in [0.717, 1.165) is 29.3 Å². The van der Waals surface area contributed by atoms with Gasteiger partial charge in [0, 0.05) is 17.1 Å². The van der Waals surface area contributed by atoms with Crippen LogP contribution in [0.1, 0.15) is 39.7 Å². The Bertz CT molecular complexity index is 413. The van der Waals surface area contributed by atoms with E-state index in [2.05, 4.69) is 26.1 Å². The third kappa shape index (κ3) is 6.12. The van der Waals surface area contributed by atoms with Crippen molar-refractivity contribution in [1.29, 1.82) is 0 Å². The van der Waals surface area contributed by atoms with Crippen molar-refractivity contribution in [1.82, 2.24) is 5.32 Å². The first kappa shape index (κ1) is 17.3. The lowest BCUT2D eigenvalue weighted by molar-refractivity contribution is 0.190. The first-order valence-electron chi connectivity index (χ1n) is 7.12. The van der Waals surface area contributed by atoms with Crippen LogP contribution in [0.15, 0.2) is 18.2 Å². The van der Waals surface area contributed by atoms with E-state index in [1.165, 1.54) is 0 Å². The fourth-order valence-electron chi connectivity index (χ4n) is 1.90. The maximum atomic E-state index is 9.13. The average molecular weight is 300 g/mol. The van der Waals surface area contributed by atoms with Gasteiger partial charge < -0.3 is 15.2 Å². The second kappa shape index (κ2) is 7.87. The first-order valence-corrected chi connectivity index (χ1v) is 7.50. The summed E-state index contributed by atoms with van der Waals surface area (Å²) in [5.74, 6) is 0.900. The Morgan fingerprint density at radius 3 is 2.65 bits per heavy atom. The van der Waals surface area contributed by atoms with E-state index < -0.39 is 0 Å². The van der Waals surface area contributed by atoms with Gasteiger partial charge in [-0.2, -0.15) is 0 Å². The SMILES string of the molecule is C[C@@H](O)CNCCCOc1ccc(Cl)cc1C(C)(C)C. The van der Waals surface area contributed by atoms with Crippen molar-refractivity contribution >= 4 is 11.6 Å². The van der Waals surface area contributed by atoms with Crippen LogP contribution in [-0.2, 0) is 5.41 Å². The zero-order valence-electron chi connectivity index (χ0n) is 12.9. The van der Waals surface area contributed by atoms with Gasteiger partial charge in [0.05, 0.1) is 12.7 Å². The average Bonchev–Trinajstić information content (AvgIpc) is 2.33. The van der Waals surface area contributed by atoms with Crippen LogP contribution in [0, 0.1) is 0 Å². The molecule has 0 heterocycles. The number of halogens is 1. The predicted octanol–water partition coefficient (Wildman–Crippen LogP) is 3.38. The molecule has 1 rings (SSSR count). The van der Waals surface area contributed by atoms with Crippen molar-refractivity contribution in [2.45, 2.75) is 45.6 Å². The zero-order valence-corrected chi connectivity index (χ0v) is 13.6. The van der Waals surface area contributed by atoms with Crippen LogP contribution in [0.5, 0.6) is 5.75 Å². The van der Waals surface area contributed by atoms with Crippen molar-refractivity contribution in [2.75, 3.05) is 19.7 Å². The van der Waals surface area contributed by atoms with E-state index >= 15 is 0 Å². The molecule has 2 N–H and O–H groups in total. The molecule has 3 nitrogen and oxygen atoms in total. The minimum Gasteiger partial charge on any atom is -0.493 e. The number of aliphatic hydroxyl groups excluding tert-OH is 1. The summed E-state index contributed by atoms with van der Waals surface area (Å²) in [6.07, 6.45) is 0.596. The third-order valence-corrected chi connectivity index (χ3v) is 3.18. The standard InChI is InChI=1S/C16H26ClNO2/c1-12(19)11-18-8-5-9-20-15-7-6-13(17)10-14(15)16(2,3)4/h6-7,10,12,18-19H,5,8-9,11H2,1-4H3/t12-/m1/s1. The maximum Gasteiger partial charge on any atom is 0.123 e. The molecule has 0 amide bonds. The molecule has 0 saturated heterocycles. The molecule has 1 aromatic rings. The van der Waals surface area contributed by atoms with Crippen molar-refractivity contribution in [3.8, 4) is 5.75 Å². The van der Waals surface area contributed by atoms with Crippen LogP contribution >= 0.6 is 11.6 Å². The number of ether oxygens (including phenoxy) is 1. The largest absolute Gasteiger partial charge is 0.493 e. The van der Waals surface area contributed by atoms with Crippen molar-refractivity contribution in [2.24, 2.45) is 0 Å². The highest BCUT2D eigenvalue weighted by Gasteiger charge is 2.19. The topological polar surface area (TPSA) is 41.5 Å². The zero-order chi connectivity index (χ0) is 15.2. The molecule has 114 valence electrons. The van der Waals surface area contributed by atoms with Gasteiger partial charge in [-0.3, -0.25) is 0 Å². The summed E-state index contributed by atoms with van der Waals surface area (Å²) in [4.78, 5) is 0. The van der Waals surface area contributed by atoms with Crippen molar-refractivity contribution in [3.05, 3.63) is 28.8 Å². The van der Waals surface area contributed by atoms with E-state index in [1.807, 2.05) is 18.2 Å². The molecule has 0 aliphatic carbocycles. The fraction of sp³-hybridized carbons (Fsp3) is 0.625. The van der Waals surface area contributed by atoms with Gasteiger partial charge in [0.2, 0.25) is 0 Å². The van der Waals surface area contributed by atoms with Gasteiger partial charge in [-0.15, -0.1) is 0 Å². The number of aliphatic hydroxyl groups is 1. The van der Waals surface area contributed by atoms with Crippen LogP contribution in [0.3, 0.4) is 0 Å². The molecule has 20 heavy (non-hydrogen) atoms. The summed E-state index contributed by atoms with van der Waals surface area (Å²) in [6, 6.07) is 5.77. The van der Waals surface area contributed by atoms with Crippen LogP contribution in [0.2, 0.25) is 5.02 Å². The summed E-state index contributed by atoms with van der Waals surface area (Å²) in [7, 11) is 0. The summed E-state index contributed by atoms with van der Waals surface area (Å²) in [5, 5.41) is 13.0. The molecule has 0 unspecified atom stereocenters. The Hall–Kier alpha value is -0.770. The van der Waals surface area contributed by atoms with Crippen LogP contribution in [0.25, 0.3) is 0 Å². The monoisotopic (exact) mass is 299 g/mol. The molecule has 0 saturated carbocycles. The normalized spacial score (nSPS) is 13.3. The van der Waals surface area contributed by atoms with Gasteiger partial charge in [0.1, 0.15) is 5.75 Å². The molecule has 0 bridgehead atoms. The van der Waals surface area contributed by atoms with Gasteiger partial charge in [0.15, 0.2) is 0 Å². The van der Waals surface area contributed by atoms with Crippen molar-refractivity contribution in [3.63, 3.8) is 0 Å². The Balaban J connectivity index is 2.48. The third-order valence-electron chi connectivity index (χ3n) is 2.94. The van der Waals surface area contributed by atoms with Crippen LogP contribution in [0.4, 0.5) is 0 Å². The molecular formula is C16H26ClNO2. The summed E-state index contributed by atoms with van der Waals surface area (Å²) in [5.41, 5.74) is 1.13. The van der Waals surface area contributed by atoms with Gasteiger partial charge in [-0.25, -0.2) is 0 Å². The molecular weight excluding hydrogens is 274 g/mol. The first-order chi connectivity index (χ1) is 9.30. The van der Waals surface area contributed by atoms with Crippen LogP contribution in [-0.4, -0.2) is 30.9 Å². The quantitative estimate of drug-likeness (QED) is 0.759.